The average molecular weight is 1910 g/mol. The van der Waals surface area contributed by atoms with Crippen LogP contribution >= 0.6 is 0 Å². The minimum Gasteiger partial charge on any atom is -0.309 e. The first-order chi connectivity index (χ1) is 74.4. The summed E-state index contributed by atoms with van der Waals surface area (Å²) in [6.07, 6.45) is 0. The van der Waals surface area contributed by atoms with Gasteiger partial charge >= 0.3 is 0 Å². The molecule has 0 aliphatic rings. The minimum atomic E-state index is 1.15. The maximum Gasteiger partial charge on any atom is 0.0619 e. The number of nitrogens with zero attached hydrogens (tertiary/aromatic N) is 6. The molecule has 0 saturated heterocycles. The molecule has 0 saturated carbocycles. The zero-order chi connectivity index (χ0) is 99.1. The van der Waals surface area contributed by atoms with Crippen molar-refractivity contribution < 1.29 is 0 Å². The van der Waals surface area contributed by atoms with E-state index in [0.717, 1.165) is 34.1 Å². The van der Waals surface area contributed by atoms with E-state index in [1.807, 2.05) is 0 Å². The van der Waals surface area contributed by atoms with E-state index in [9.17, 15) is 0 Å². The van der Waals surface area contributed by atoms with E-state index in [-0.39, 0.29) is 0 Å². The van der Waals surface area contributed by atoms with Gasteiger partial charge in [-0.1, -0.05) is 425 Å². The molecule has 0 fully saturated rings. The summed E-state index contributed by atoms with van der Waals surface area (Å²) in [6.45, 7) is 0. The Morgan fingerprint density at radius 3 is 0.753 bits per heavy atom. The summed E-state index contributed by atoms with van der Waals surface area (Å²) in [5.41, 5.74) is 43.3. The van der Waals surface area contributed by atoms with E-state index in [0.29, 0.717) is 0 Å². The number of para-hydroxylation sites is 7. The lowest BCUT2D eigenvalue weighted by molar-refractivity contribution is 1.17. The van der Waals surface area contributed by atoms with E-state index < -0.39 is 0 Å². The molecule has 0 N–H and O–H groups in total. The van der Waals surface area contributed by atoms with Crippen molar-refractivity contribution in [3.63, 3.8) is 0 Å². The lowest BCUT2D eigenvalue weighted by atomic mass is 9.98. The van der Waals surface area contributed by atoms with Crippen LogP contribution in [0, 0.1) is 0 Å². The normalized spacial score (nSPS) is 11.6. The van der Waals surface area contributed by atoms with E-state index in [1.54, 1.807) is 0 Å². The monoisotopic (exact) mass is 1910 g/mol. The minimum absolute atomic E-state index is 1.15. The van der Waals surface area contributed by atoms with Gasteiger partial charge < -0.3 is 27.4 Å². The Morgan fingerprint density at radius 1 is 0.0933 bits per heavy atom. The van der Waals surface area contributed by atoms with Crippen LogP contribution in [0.2, 0.25) is 0 Å². The van der Waals surface area contributed by atoms with Gasteiger partial charge in [-0.2, -0.15) is 0 Å². The van der Waals surface area contributed by atoms with Crippen molar-refractivity contribution in [1.82, 2.24) is 27.4 Å². The van der Waals surface area contributed by atoms with Gasteiger partial charge in [-0.3, -0.25) is 0 Å². The summed E-state index contributed by atoms with van der Waals surface area (Å²) in [5.74, 6) is 0. The van der Waals surface area contributed by atoms with Crippen LogP contribution in [-0.2, 0) is 0 Å². The molecule has 150 heavy (non-hydrogen) atoms. The predicted molar refractivity (Wildman–Crippen MR) is 634 cm³/mol. The molecule has 0 radical (unpaired) electrons. The molecule has 6 heteroatoms. The zero-order valence-corrected chi connectivity index (χ0v) is 82.1. The second-order valence-electron chi connectivity index (χ2n) is 38.9. The molecule has 0 spiro atoms. The Balaban J connectivity index is 0.000000108. The highest BCUT2D eigenvalue weighted by Crippen LogP contribution is 2.49. The van der Waals surface area contributed by atoms with Gasteiger partial charge in [-0.05, 0) is 252 Å². The highest BCUT2D eigenvalue weighted by atomic mass is 15.0. The lowest BCUT2D eigenvalue weighted by Gasteiger charge is -2.12. The molecule has 30 aromatic rings. The molecule has 24 aromatic carbocycles. The molecule has 702 valence electrons. The van der Waals surface area contributed by atoms with E-state index in [4.69, 9.17) is 0 Å². The molecule has 0 aliphatic heterocycles. The van der Waals surface area contributed by atoms with Crippen LogP contribution in [0.4, 0.5) is 0 Å². The molecular formula is C144H96N6. The van der Waals surface area contributed by atoms with Gasteiger partial charge in [0.05, 0.1) is 66.2 Å². The fourth-order valence-corrected chi connectivity index (χ4v) is 23.4. The van der Waals surface area contributed by atoms with Crippen molar-refractivity contribution in [2.24, 2.45) is 0 Å². The number of aromatic nitrogens is 6. The first-order valence-electron chi connectivity index (χ1n) is 51.6. The largest absolute Gasteiger partial charge is 0.309 e. The molecule has 0 amide bonds. The molecular weight excluding hydrogens is 1810 g/mol. The molecule has 30 rings (SSSR count). The quantitative estimate of drug-likeness (QED) is 0.0979. The van der Waals surface area contributed by atoms with Crippen molar-refractivity contribution >= 4 is 131 Å². The third kappa shape index (κ3) is 15.4. The SMILES string of the molecule is c1ccc(-c2ccc(-c3cccc(-n4c5ccccc5c5cc6c(cc54)c4cc(-c5ccccc5)ccc4n6-c4ccccc4)c3)cc2)cc1.c1ccc(-c2cccc(-c3ccc(-n4c5ccccc5c5cc6c(cc54)c4cccc(-c5ccccc5)c4n6-c4ccccc4)cc3)c2)cc1.c1ccc(-c2cccc(-c3cccc(-n4c5ccccc5c5cc6c(cc54)c4c(-c5ccccc5)cccc4n6-c4ccccc4)c3)c2)cc1. The van der Waals surface area contributed by atoms with Crippen molar-refractivity contribution in [2.75, 3.05) is 0 Å². The van der Waals surface area contributed by atoms with E-state index >= 15 is 0 Å². The van der Waals surface area contributed by atoms with Crippen LogP contribution in [0.3, 0.4) is 0 Å². The first-order valence-corrected chi connectivity index (χ1v) is 51.6. The Labute approximate surface area is 868 Å². The van der Waals surface area contributed by atoms with Gasteiger partial charge in [0.15, 0.2) is 0 Å². The summed E-state index contributed by atoms with van der Waals surface area (Å²) in [7, 11) is 0. The summed E-state index contributed by atoms with van der Waals surface area (Å²) in [5, 5.41) is 15.0. The molecule has 0 aliphatic carbocycles. The predicted octanol–water partition coefficient (Wildman–Crippen LogP) is 38.6. The van der Waals surface area contributed by atoms with Crippen molar-refractivity contribution in [2.45, 2.75) is 0 Å². The van der Waals surface area contributed by atoms with Crippen LogP contribution < -0.4 is 0 Å². The fourth-order valence-electron chi connectivity index (χ4n) is 23.4. The van der Waals surface area contributed by atoms with Crippen LogP contribution in [0.25, 0.3) is 265 Å². The highest BCUT2D eigenvalue weighted by Gasteiger charge is 2.27. The molecule has 6 aromatic heterocycles. The molecule has 0 atom stereocenters. The number of rotatable bonds is 15. The fraction of sp³-hybridized carbons (Fsp3) is 0. The maximum atomic E-state index is 2.46. The van der Waals surface area contributed by atoms with Crippen LogP contribution in [0.5, 0.6) is 0 Å². The van der Waals surface area contributed by atoms with Crippen LogP contribution in [0.1, 0.15) is 0 Å². The van der Waals surface area contributed by atoms with Crippen molar-refractivity contribution in [3.05, 3.63) is 582 Å². The van der Waals surface area contributed by atoms with Crippen molar-refractivity contribution in [3.8, 4) is 134 Å². The number of fused-ring (bicyclic) bond motifs is 18. The van der Waals surface area contributed by atoms with Gasteiger partial charge in [0.1, 0.15) is 0 Å². The summed E-state index contributed by atoms with van der Waals surface area (Å²) < 4.78 is 14.6. The second kappa shape index (κ2) is 37.4. The summed E-state index contributed by atoms with van der Waals surface area (Å²) in [4.78, 5) is 0. The summed E-state index contributed by atoms with van der Waals surface area (Å²) >= 11 is 0. The topological polar surface area (TPSA) is 29.6 Å². The van der Waals surface area contributed by atoms with Gasteiger partial charge in [0.2, 0.25) is 0 Å². The maximum absolute atomic E-state index is 2.46. The molecule has 6 nitrogen and oxygen atoms in total. The van der Waals surface area contributed by atoms with E-state index in [1.165, 1.54) is 231 Å². The van der Waals surface area contributed by atoms with Crippen LogP contribution in [0.15, 0.2) is 582 Å². The third-order valence-electron chi connectivity index (χ3n) is 30.3. The summed E-state index contributed by atoms with van der Waals surface area (Å²) in [6, 6.07) is 211. The first kappa shape index (κ1) is 87.8. The third-order valence-corrected chi connectivity index (χ3v) is 30.3. The Kier molecular flexibility index (Phi) is 21.9. The zero-order valence-electron chi connectivity index (χ0n) is 82.1. The van der Waals surface area contributed by atoms with Gasteiger partial charge in [-0.25, -0.2) is 0 Å². The van der Waals surface area contributed by atoms with E-state index in [2.05, 4.69) is 610 Å². The molecule has 6 heterocycles. The number of hydrogen-bond acceptors (Lipinski definition) is 0. The Hall–Kier alpha value is -19.9. The second-order valence-corrected chi connectivity index (χ2v) is 38.9. The molecule has 0 bridgehead atoms. The standard InChI is InChI=1S/3C48H32N2/c1-4-15-33(16-5-1)35-19-12-20-36(29-35)37-21-13-24-39(30-37)50-44-27-11-10-25-41(44)42-31-47-43(32-46(42)50)48-40(34-17-6-2-7-18-34)26-14-28-45(48)49(47)38-22-8-3-9-23-38;1-4-14-33(15-5-1)36-18-12-19-37(30-36)34-26-28-39(29-27-34)49-45-25-11-10-22-41(45)43-31-47-44(32-46(43)49)42-24-13-23-40(35-16-6-2-7-17-35)48(42)50(47)38-20-8-3-9-21-38;1-4-13-33(14-5-1)35-23-25-36(26-24-35)37-17-12-20-40(29-37)50-45-22-11-10-21-41(45)43-31-48-44(32-47(43)50)42-30-38(34-15-6-2-7-16-34)27-28-46(42)49(48)39-18-8-3-9-19-39/h3*1-32H. The Morgan fingerprint density at radius 2 is 0.313 bits per heavy atom. The smallest absolute Gasteiger partial charge is 0.0619 e. The van der Waals surface area contributed by atoms with Gasteiger partial charge in [0, 0.05) is 104 Å². The highest BCUT2D eigenvalue weighted by molar-refractivity contribution is 6.25. The van der Waals surface area contributed by atoms with Gasteiger partial charge in [-0.15, -0.1) is 0 Å². The lowest BCUT2D eigenvalue weighted by Crippen LogP contribution is -1.95. The van der Waals surface area contributed by atoms with Gasteiger partial charge in [0.25, 0.3) is 0 Å². The Bertz CT molecular complexity index is 10400. The number of benzene rings is 24. The molecule has 0 unspecified atom stereocenters. The number of hydrogen-bond donors (Lipinski definition) is 0. The van der Waals surface area contributed by atoms with Crippen LogP contribution in [-0.4, -0.2) is 27.4 Å². The average Bonchev–Trinajstić information content (AvgIpc) is 1.55. The van der Waals surface area contributed by atoms with Crippen molar-refractivity contribution in [1.29, 1.82) is 0 Å².